The van der Waals surface area contributed by atoms with Gasteiger partial charge in [0.25, 0.3) is 5.91 Å². The van der Waals surface area contributed by atoms with Crippen molar-refractivity contribution in [1.29, 1.82) is 0 Å². The molecule has 1 atom stereocenters. The number of rotatable bonds is 3. The number of hydrogen-bond acceptors (Lipinski definition) is 5. The van der Waals surface area contributed by atoms with Crippen molar-refractivity contribution < 1.29 is 4.79 Å². The van der Waals surface area contributed by atoms with Crippen molar-refractivity contribution in [2.75, 3.05) is 17.2 Å². The van der Waals surface area contributed by atoms with Crippen LogP contribution in [0.3, 0.4) is 0 Å². The van der Waals surface area contributed by atoms with Gasteiger partial charge in [-0.2, -0.15) is 5.10 Å². The molecule has 0 saturated heterocycles. The van der Waals surface area contributed by atoms with Crippen molar-refractivity contribution in [3.63, 3.8) is 0 Å². The Labute approximate surface area is 187 Å². The second-order valence-electron chi connectivity index (χ2n) is 8.74. The van der Waals surface area contributed by atoms with E-state index in [1.54, 1.807) is 6.20 Å². The van der Waals surface area contributed by atoms with Crippen LogP contribution in [0.1, 0.15) is 57.5 Å². The molecular weight excluding hydrogens is 406 g/mol. The van der Waals surface area contributed by atoms with Gasteiger partial charge in [-0.1, -0.05) is 6.07 Å². The van der Waals surface area contributed by atoms with Crippen molar-refractivity contribution in [1.82, 2.24) is 14.8 Å². The summed E-state index contributed by atoms with van der Waals surface area (Å²) < 4.78 is 1.99. The first kappa shape index (κ1) is 21.4. The number of aryl methyl sites for hydroxylation is 4. The van der Waals surface area contributed by atoms with Crippen molar-refractivity contribution in [2.45, 2.75) is 44.6 Å². The largest absolute Gasteiger partial charge is 0.369 e. The molecule has 4 rings (SSSR count). The second-order valence-corrected chi connectivity index (χ2v) is 10.6. The van der Waals surface area contributed by atoms with E-state index in [0.29, 0.717) is 5.56 Å². The summed E-state index contributed by atoms with van der Waals surface area (Å²) in [5.41, 5.74) is 6.75. The van der Waals surface area contributed by atoms with Crippen LogP contribution in [-0.4, -0.2) is 32.0 Å². The van der Waals surface area contributed by atoms with E-state index in [1.807, 2.05) is 54.7 Å². The summed E-state index contributed by atoms with van der Waals surface area (Å²) in [6, 6.07) is 9.68. The molecule has 3 aromatic rings. The lowest BCUT2D eigenvalue weighted by Crippen LogP contribution is -2.26. The monoisotopic (exact) mass is 435 g/mol. The van der Waals surface area contributed by atoms with Gasteiger partial charge in [0.1, 0.15) is 5.82 Å². The number of benzene rings is 1. The fourth-order valence-corrected chi connectivity index (χ4v) is 5.64. The molecule has 0 spiro atoms. The highest BCUT2D eigenvalue weighted by atomic mass is 32.2. The Hall–Kier alpha value is -2.80. The zero-order valence-corrected chi connectivity index (χ0v) is 19.7. The van der Waals surface area contributed by atoms with Gasteiger partial charge < -0.3 is 10.6 Å². The van der Waals surface area contributed by atoms with Gasteiger partial charge in [0.15, 0.2) is 0 Å². The average Bonchev–Trinajstić information content (AvgIpc) is 2.90. The minimum atomic E-state index is -0.125. The van der Waals surface area contributed by atoms with E-state index in [4.69, 9.17) is 0 Å². The van der Waals surface area contributed by atoms with Crippen LogP contribution in [-0.2, 0) is 7.05 Å². The van der Waals surface area contributed by atoms with E-state index < -0.39 is 0 Å². The topological polar surface area (TPSA) is 71.8 Å². The third-order valence-electron chi connectivity index (χ3n) is 5.72. The molecule has 0 saturated carbocycles. The molecule has 6 nitrogen and oxygen atoms in total. The van der Waals surface area contributed by atoms with Crippen molar-refractivity contribution in [3.8, 4) is 0 Å². The van der Waals surface area contributed by atoms with Gasteiger partial charge in [0.2, 0.25) is 0 Å². The maximum Gasteiger partial charge on any atom is 0.255 e. The Morgan fingerprint density at radius 2 is 2.00 bits per heavy atom. The number of aromatic nitrogens is 3. The predicted molar refractivity (Wildman–Crippen MR) is 128 cm³/mol. The highest BCUT2D eigenvalue weighted by molar-refractivity contribution is 8.01. The fraction of sp³-hybridized carbons (Fsp3) is 0.375. The number of fused-ring (bicyclic) bond motifs is 1. The highest BCUT2D eigenvalue weighted by Crippen LogP contribution is 2.49. The lowest BCUT2D eigenvalue weighted by Gasteiger charge is -2.27. The first-order valence-corrected chi connectivity index (χ1v) is 11.3. The summed E-state index contributed by atoms with van der Waals surface area (Å²) in [5, 5.41) is 11.4. The molecule has 7 heteroatoms. The van der Waals surface area contributed by atoms with E-state index >= 15 is 0 Å². The Bertz CT molecular complexity index is 1150. The quantitative estimate of drug-likeness (QED) is 0.604. The molecule has 1 aliphatic heterocycles. The van der Waals surface area contributed by atoms with E-state index in [1.165, 1.54) is 11.1 Å². The molecule has 1 unspecified atom stereocenters. The second kappa shape index (κ2) is 8.04. The van der Waals surface area contributed by atoms with Crippen LogP contribution in [0.15, 0.2) is 36.5 Å². The smallest absolute Gasteiger partial charge is 0.255 e. The van der Waals surface area contributed by atoms with Crippen LogP contribution in [0.4, 0.5) is 11.5 Å². The van der Waals surface area contributed by atoms with Crippen LogP contribution >= 0.6 is 11.8 Å². The van der Waals surface area contributed by atoms with Gasteiger partial charge in [0, 0.05) is 35.7 Å². The van der Waals surface area contributed by atoms with Gasteiger partial charge >= 0.3 is 0 Å². The fourth-order valence-electron chi connectivity index (χ4n) is 4.06. The lowest BCUT2D eigenvalue weighted by molar-refractivity contribution is 0.102. The molecule has 1 aromatic carbocycles. The molecule has 0 fully saturated rings. The summed E-state index contributed by atoms with van der Waals surface area (Å²) in [5.74, 6) is 0.952. The molecule has 31 heavy (non-hydrogen) atoms. The van der Waals surface area contributed by atoms with Crippen LogP contribution < -0.4 is 10.6 Å². The van der Waals surface area contributed by atoms with Gasteiger partial charge in [-0.15, -0.1) is 11.8 Å². The standard InChI is InChI=1S/C24H29N5OS/c1-14-12-17(23(30)27-19-8-7-11-25-15(19)2)9-10-18(14)21-20-16(3)28-29(6)22(20)26-13-24(4,5)31-21/h7-12,21,26H,13H2,1-6H3,(H,27,30). The summed E-state index contributed by atoms with van der Waals surface area (Å²) in [6.07, 6.45) is 1.72. The molecule has 2 aromatic heterocycles. The Morgan fingerprint density at radius 1 is 1.23 bits per heavy atom. The number of anilines is 2. The lowest BCUT2D eigenvalue weighted by atomic mass is 9.97. The van der Waals surface area contributed by atoms with Crippen molar-refractivity contribution in [2.24, 2.45) is 7.05 Å². The normalized spacial score (nSPS) is 17.4. The highest BCUT2D eigenvalue weighted by Gasteiger charge is 2.35. The summed E-state index contributed by atoms with van der Waals surface area (Å²) in [7, 11) is 1.99. The SMILES string of the molecule is Cc1cc(C(=O)Nc2cccnc2C)ccc1C1SC(C)(C)CNc2c1c(C)nn2C. The number of carbonyl (C=O) groups excluding carboxylic acids is 1. The number of thioether (sulfide) groups is 1. The van der Waals surface area contributed by atoms with Gasteiger partial charge in [-0.05, 0) is 70.0 Å². The Kier molecular flexibility index (Phi) is 5.56. The Balaban J connectivity index is 1.69. The molecule has 0 radical (unpaired) electrons. The summed E-state index contributed by atoms with van der Waals surface area (Å²) >= 11 is 1.94. The number of amides is 1. The van der Waals surface area contributed by atoms with Crippen molar-refractivity contribution >= 4 is 29.2 Å². The van der Waals surface area contributed by atoms with E-state index in [-0.39, 0.29) is 15.9 Å². The molecule has 1 amide bonds. The van der Waals surface area contributed by atoms with Crippen molar-refractivity contribution in [3.05, 3.63) is 70.2 Å². The molecule has 2 N–H and O–H groups in total. The van der Waals surface area contributed by atoms with Crippen LogP contribution in [0.25, 0.3) is 0 Å². The molecule has 1 aliphatic rings. The maximum absolute atomic E-state index is 12.9. The maximum atomic E-state index is 12.9. The summed E-state index contributed by atoms with van der Waals surface area (Å²) in [4.78, 5) is 17.1. The number of hydrogen-bond donors (Lipinski definition) is 2. The number of nitrogens with one attached hydrogen (secondary N) is 2. The van der Waals surface area contributed by atoms with E-state index in [2.05, 4.69) is 54.5 Å². The number of carbonyl (C=O) groups is 1. The predicted octanol–water partition coefficient (Wildman–Crippen LogP) is 5.02. The van der Waals surface area contributed by atoms with Gasteiger partial charge in [-0.3, -0.25) is 14.5 Å². The van der Waals surface area contributed by atoms with E-state index in [9.17, 15) is 4.79 Å². The van der Waals surface area contributed by atoms with Crippen LogP contribution in [0.2, 0.25) is 0 Å². The van der Waals surface area contributed by atoms with Crippen LogP contribution in [0.5, 0.6) is 0 Å². The third-order valence-corrected chi connectivity index (χ3v) is 7.23. The zero-order chi connectivity index (χ0) is 22.3. The molecule has 0 bridgehead atoms. The first-order valence-electron chi connectivity index (χ1n) is 10.4. The van der Waals surface area contributed by atoms with Crippen LogP contribution in [0, 0.1) is 20.8 Å². The molecular formula is C24H29N5OS. The van der Waals surface area contributed by atoms with Gasteiger partial charge in [-0.25, -0.2) is 0 Å². The minimum Gasteiger partial charge on any atom is -0.369 e. The number of nitrogens with zero attached hydrogens (tertiary/aromatic N) is 3. The molecule has 0 aliphatic carbocycles. The molecule has 3 heterocycles. The third kappa shape index (κ3) is 4.19. The van der Waals surface area contributed by atoms with Gasteiger partial charge in [0.05, 0.1) is 22.3 Å². The Morgan fingerprint density at radius 3 is 2.71 bits per heavy atom. The molecule has 162 valence electrons. The number of pyridine rings is 1. The zero-order valence-electron chi connectivity index (χ0n) is 18.9. The van der Waals surface area contributed by atoms with E-state index in [0.717, 1.165) is 35.0 Å². The average molecular weight is 436 g/mol. The first-order chi connectivity index (χ1) is 14.7. The summed E-state index contributed by atoms with van der Waals surface area (Å²) in [6.45, 7) is 11.4. The minimum absolute atomic E-state index is 0.0520.